The van der Waals surface area contributed by atoms with E-state index in [9.17, 15) is 0 Å². The Morgan fingerprint density at radius 2 is 2.12 bits per heavy atom. The molecule has 0 spiro atoms. The zero-order chi connectivity index (χ0) is 10.7. The van der Waals surface area contributed by atoms with Gasteiger partial charge >= 0.3 is 0 Å². The molecule has 1 aromatic rings. The number of nitrogens with two attached hydrogens (primary N) is 1. The van der Waals surface area contributed by atoms with Crippen LogP contribution in [0.1, 0.15) is 37.0 Å². The summed E-state index contributed by atoms with van der Waals surface area (Å²) in [5.41, 5.74) is 5.62. The number of rotatable bonds is 3. The van der Waals surface area contributed by atoms with E-state index in [1.807, 2.05) is 6.20 Å². The zero-order valence-corrected chi connectivity index (χ0v) is 11.3. The molecule has 0 aliphatic heterocycles. The van der Waals surface area contributed by atoms with Crippen molar-refractivity contribution in [3.05, 3.63) is 11.1 Å². The molecule has 1 saturated carbocycles. The van der Waals surface area contributed by atoms with Crippen molar-refractivity contribution in [2.75, 3.05) is 12.8 Å². The van der Waals surface area contributed by atoms with Crippen LogP contribution < -0.4 is 5.73 Å². The van der Waals surface area contributed by atoms with Crippen LogP contribution in [-0.2, 0) is 6.54 Å². The Bertz CT molecular complexity index is 310. The molecule has 1 aliphatic rings. The molecule has 92 valence electrons. The monoisotopic (exact) mass is 261 g/mol. The molecule has 0 saturated heterocycles. The van der Waals surface area contributed by atoms with E-state index in [1.54, 1.807) is 11.3 Å². The predicted octanol–water partition coefficient (Wildman–Crippen LogP) is 2.91. The molecule has 1 heterocycles. The third-order valence-electron chi connectivity index (χ3n) is 3.17. The molecule has 16 heavy (non-hydrogen) atoms. The van der Waals surface area contributed by atoms with E-state index < -0.39 is 0 Å². The minimum atomic E-state index is 0. The number of aromatic nitrogens is 1. The number of thiazole rings is 1. The molecule has 5 heteroatoms. The van der Waals surface area contributed by atoms with Crippen molar-refractivity contribution in [3.8, 4) is 0 Å². The Morgan fingerprint density at radius 1 is 1.44 bits per heavy atom. The largest absolute Gasteiger partial charge is 0.375 e. The molecule has 3 nitrogen and oxygen atoms in total. The molecule has 2 rings (SSSR count). The van der Waals surface area contributed by atoms with Gasteiger partial charge in [0.15, 0.2) is 5.13 Å². The standard InChI is InChI=1S/C11H19N3S.ClH/c1-14(9-5-3-2-4-6-9)8-10-7-13-11(12)15-10;/h7,9H,2-6,8H2,1H3,(H2,12,13);1H. The fraction of sp³-hybridized carbons (Fsp3) is 0.727. The third kappa shape index (κ3) is 3.61. The van der Waals surface area contributed by atoms with Crippen LogP contribution in [0.3, 0.4) is 0 Å². The van der Waals surface area contributed by atoms with Gasteiger partial charge in [-0.25, -0.2) is 4.98 Å². The molecule has 1 aliphatic carbocycles. The summed E-state index contributed by atoms with van der Waals surface area (Å²) in [7, 11) is 2.21. The number of hydrogen-bond donors (Lipinski definition) is 1. The summed E-state index contributed by atoms with van der Waals surface area (Å²) in [5.74, 6) is 0. The Hall–Kier alpha value is -0.320. The number of halogens is 1. The van der Waals surface area contributed by atoms with Crippen molar-refractivity contribution in [2.45, 2.75) is 44.7 Å². The number of anilines is 1. The van der Waals surface area contributed by atoms with Gasteiger partial charge in [-0.15, -0.1) is 23.7 Å². The molecular weight excluding hydrogens is 242 g/mol. The fourth-order valence-electron chi connectivity index (χ4n) is 2.29. The van der Waals surface area contributed by atoms with Crippen LogP contribution in [0.25, 0.3) is 0 Å². The topological polar surface area (TPSA) is 42.2 Å². The maximum absolute atomic E-state index is 5.62. The summed E-state index contributed by atoms with van der Waals surface area (Å²) in [6, 6.07) is 0.766. The highest BCUT2D eigenvalue weighted by Gasteiger charge is 2.18. The summed E-state index contributed by atoms with van der Waals surface area (Å²) in [5, 5.41) is 0.682. The van der Waals surface area contributed by atoms with Crippen LogP contribution in [0.2, 0.25) is 0 Å². The third-order valence-corrected chi connectivity index (χ3v) is 3.99. The summed E-state index contributed by atoms with van der Waals surface area (Å²) in [4.78, 5) is 7.81. The second-order valence-corrected chi connectivity index (χ2v) is 5.52. The summed E-state index contributed by atoms with van der Waals surface area (Å²) < 4.78 is 0. The molecule has 0 atom stereocenters. The van der Waals surface area contributed by atoms with E-state index in [4.69, 9.17) is 5.73 Å². The maximum Gasteiger partial charge on any atom is 0.180 e. The number of nitrogens with zero attached hydrogens (tertiary/aromatic N) is 2. The lowest BCUT2D eigenvalue weighted by Crippen LogP contribution is -2.32. The second-order valence-electron chi connectivity index (χ2n) is 4.37. The van der Waals surface area contributed by atoms with E-state index in [0.717, 1.165) is 12.6 Å². The summed E-state index contributed by atoms with van der Waals surface area (Å²) >= 11 is 1.61. The van der Waals surface area contributed by atoms with Crippen molar-refractivity contribution >= 4 is 28.9 Å². The highest BCUT2D eigenvalue weighted by atomic mass is 35.5. The van der Waals surface area contributed by atoms with Crippen molar-refractivity contribution in [1.82, 2.24) is 9.88 Å². The van der Waals surface area contributed by atoms with Crippen LogP contribution in [0.15, 0.2) is 6.20 Å². The normalized spacial score (nSPS) is 17.4. The molecule has 1 fully saturated rings. The first-order chi connectivity index (χ1) is 7.25. The van der Waals surface area contributed by atoms with Gasteiger partial charge in [0.25, 0.3) is 0 Å². The minimum absolute atomic E-state index is 0. The second kappa shape index (κ2) is 6.42. The van der Waals surface area contributed by atoms with Crippen LogP contribution in [-0.4, -0.2) is 23.0 Å². The first kappa shape index (κ1) is 13.7. The lowest BCUT2D eigenvalue weighted by molar-refractivity contribution is 0.186. The van der Waals surface area contributed by atoms with Gasteiger partial charge in [0, 0.05) is 23.7 Å². The van der Waals surface area contributed by atoms with Crippen molar-refractivity contribution in [2.24, 2.45) is 0 Å². The van der Waals surface area contributed by atoms with Crippen molar-refractivity contribution in [1.29, 1.82) is 0 Å². The number of nitrogen functional groups attached to an aromatic ring is 1. The lowest BCUT2D eigenvalue weighted by Gasteiger charge is -2.30. The molecule has 0 amide bonds. The Morgan fingerprint density at radius 3 is 2.69 bits per heavy atom. The van der Waals surface area contributed by atoms with Gasteiger partial charge in [-0.2, -0.15) is 0 Å². The van der Waals surface area contributed by atoms with Crippen molar-refractivity contribution in [3.63, 3.8) is 0 Å². The fourth-order valence-corrected chi connectivity index (χ4v) is 3.04. The average Bonchev–Trinajstić information content (AvgIpc) is 2.65. The number of hydrogen-bond acceptors (Lipinski definition) is 4. The quantitative estimate of drug-likeness (QED) is 0.910. The Labute approximate surface area is 107 Å². The van der Waals surface area contributed by atoms with Gasteiger partial charge in [0.2, 0.25) is 0 Å². The average molecular weight is 262 g/mol. The van der Waals surface area contributed by atoms with E-state index >= 15 is 0 Å². The van der Waals surface area contributed by atoms with E-state index in [1.165, 1.54) is 37.0 Å². The zero-order valence-electron chi connectivity index (χ0n) is 9.69. The predicted molar refractivity (Wildman–Crippen MR) is 72.1 cm³/mol. The first-order valence-corrected chi connectivity index (χ1v) is 6.48. The van der Waals surface area contributed by atoms with Gasteiger partial charge in [-0.3, -0.25) is 4.90 Å². The summed E-state index contributed by atoms with van der Waals surface area (Å²) in [6.07, 6.45) is 8.80. The lowest BCUT2D eigenvalue weighted by atomic mass is 9.94. The van der Waals surface area contributed by atoms with Gasteiger partial charge in [0.1, 0.15) is 0 Å². The maximum atomic E-state index is 5.62. The van der Waals surface area contributed by atoms with Gasteiger partial charge in [0.05, 0.1) is 0 Å². The van der Waals surface area contributed by atoms with E-state index in [2.05, 4.69) is 16.9 Å². The molecule has 0 radical (unpaired) electrons. The molecule has 2 N–H and O–H groups in total. The van der Waals surface area contributed by atoms with E-state index in [0.29, 0.717) is 5.13 Å². The molecule has 0 aromatic carbocycles. The van der Waals surface area contributed by atoms with Crippen molar-refractivity contribution < 1.29 is 0 Å². The highest BCUT2D eigenvalue weighted by Crippen LogP contribution is 2.24. The minimum Gasteiger partial charge on any atom is -0.375 e. The smallest absolute Gasteiger partial charge is 0.180 e. The molecule has 0 bridgehead atoms. The van der Waals surface area contributed by atoms with Crippen LogP contribution in [0.5, 0.6) is 0 Å². The SMILES string of the molecule is CN(Cc1cnc(N)s1)C1CCCCC1.Cl. The van der Waals surface area contributed by atoms with Gasteiger partial charge < -0.3 is 5.73 Å². The van der Waals surface area contributed by atoms with E-state index in [-0.39, 0.29) is 12.4 Å². The van der Waals surface area contributed by atoms with Gasteiger partial charge in [-0.05, 0) is 19.9 Å². The first-order valence-electron chi connectivity index (χ1n) is 5.66. The summed E-state index contributed by atoms with van der Waals surface area (Å²) in [6.45, 7) is 1.000. The Kier molecular flexibility index (Phi) is 5.52. The molecular formula is C11H20ClN3S. The molecule has 0 unspecified atom stereocenters. The molecule has 1 aromatic heterocycles. The van der Waals surface area contributed by atoms with Crippen LogP contribution in [0, 0.1) is 0 Å². The van der Waals surface area contributed by atoms with Crippen LogP contribution in [0.4, 0.5) is 5.13 Å². The van der Waals surface area contributed by atoms with Crippen LogP contribution >= 0.6 is 23.7 Å². The highest BCUT2D eigenvalue weighted by molar-refractivity contribution is 7.15. The Balaban J connectivity index is 0.00000128. The van der Waals surface area contributed by atoms with Gasteiger partial charge in [-0.1, -0.05) is 19.3 Å².